The van der Waals surface area contributed by atoms with E-state index in [9.17, 15) is 14.4 Å². The van der Waals surface area contributed by atoms with Gasteiger partial charge in [0, 0.05) is 23.8 Å². The summed E-state index contributed by atoms with van der Waals surface area (Å²) in [4.78, 5) is 34.8. The Morgan fingerprint density at radius 2 is 1.57 bits per heavy atom. The Balaban J connectivity index is 2.25. The molecule has 0 bridgehead atoms. The third-order valence-corrected chi connectivity index (χ3v) is 3.04. The Bertz CT molecular complexity index is 491. The topological polar surface area (TPSA) is 69.7 Å². The molecule has 0 saturated heterocycles. The number of rotatable bonds is 5. The van der Waals surface area contributed by atoms with Crippen molar-refractivity contribution in [2.75, 3.05) is 13.2 Å². The number of hydrogen-bond donors (Lipinski definition) is 0. The lowest BCUT2D eigenvalue weighted by Gasteiger charge is -2.21. The monoisotopic (exact) mass is 287 g/mol. The molecule has 0 aromatic carbocycles. The van der Waals surface area contributed by atoms with Crippen molar-refractivity contribution in [1.82, 2.24) is 0 Å². The molecule has 0 atom stereocenters. The van der Waals surface area contributed by atoms with Gasteiger partial charge in [-0.1, -0.05) is 18.2 Å². The summed E-state index contributed by atoms with van der Waals surface area (Å²) in [6, 6.07) is 0. The molecule has 0 N–H and O–H groups in total. The quantitative estimate of drug-likeness (QED) is 0.563. The molecule has 0 aromatic rings. The molecule has 5 nitrogen and oxygen atoms in total. The molecular formula is C16H15O5. The van der Waals surface area contributed by atoms with Crippen LogP contribution in [0.25, 0.3) is 0 Å². The van der Waals surface area contributed by atoms with E-state index in [4.69, 9.17) is 9.47 Å². The van der Waals surface area contributed by atoms with Gasteiger partial charge in [0.25, 0.3) is 0 Å². The summed E-state index contributed by atoms with van der Waals surface area (Å²) in [6.07, 6.45) is 6.93. The number of hydrogen-bond acceptors (Lipinski definition) is 5. The van der Waals surface area contributed by atoms with Gasteiger partial charge < -0.3 is 9.47 Å². The van der Waals surface area contributed by atoms with E-state index < -0.39 is 11.9 Å². The Hall–Kier alpha value is -1.91. The Morgan fingerprint density at radius 1 is 1.00 bits per heavy atom. The highest BCUT2D eigenvalue weighted by Crippen LogP contribution is 2.51. The summed E-state index contributed by atoms with van der Waals surface area (Å²) < 4.78 is 9.97. The first-order chi connectivity index (χ1) is 10.1. The molecule has 0 unspecified atom stereocenters. The van der Waals surface area contributed by atoms with E-state index in [-0.39, 0.29) is 19.1 Å². The smallest absolute Gasteiger partial charge is 0.314 e. The molecule has 0 amide bonds. The first kappa shape index (κ1) is 15.5. The van der Waals surface area contributed by atoms with Gasteiger partial charge in [-0.2, -0.15) is 0 Å². The van der Waals surface area contributed by atoms with Crippen molar-refractivity contribution in [1.29, 1.82) is 0 Å². The third-order valence-electron chi connectivity index (χ3n) is 3.04. The highest BCUT2D eigenvalue weighted by atomic mass is 16.5. The third kappa shape index (κ3) is 3.06. The molecule has 2 rings (SSSR count). The second kappa shape index (κ2) is 6.70. The summed E-state index contributed by atoms with van der Waals surface area (Å²) >= 11 is 0. The minimum atomic E-state index is -0.527. The summed E-state index contributed by atoms with van der Waals surface area (Å²) in [5.41, 5.74) is 0.425. The maximum Gasteiger partial charge on any atom is 0.314 e. The predicted molar refractivity (Wildman–Crippen MR) is 73.8 cm³/mol. The number of allylic oxidation sites excluding steroid dienone is 4. The van der Waals surface area contributed by atoms with Crippen molar-refractivity contribution < 1.29 is 23.9 Å². The molecule has 0 heterocycles. The van der Waals surface area contributed by atoms with Crippen LogP contribution in [0.4, 0.5) is 0 Å². The van der Waals surface area contributed by atoms with Crippen molar-refractivity contribution in [2.24, 2.45) is 0 Å². The largest absolute Gasteiger partial charge is 0.466 e. The highest BCUT2D eigenvalue weighted by molar-refractivity contribution is 6.06. The molecule has 1 saturated carbocycles. The maximum absolute atomic E-state index is 12.0. The zero-order valence-electron chi connectivity index (χ0n) is 11.8. The molecule has 2 aliphatic rings. The summed E-state index contributed by atoms with van der Waals surface area (Å²) in [6.45, 7) is 3.88. The average Bonchev–Trinajstić information content (AvgIpc) is 2.86. The van der Waals surface area contributed by atoms with Crippen molar-refractivity contribution >= 4 is 18.2 Å². The van der Waals surface area contributed by atoms with Crippen LogP contribution >= 0.6 is 0 Å². The first-order valence-corrected chi connectivity index (χ1v) is 6.65. The van der Waals surface area contributed by atoms with E-state index in [0.717, 1.165) is 0 Å². The van der Waals surface area contributed by atoms with Crippen LogP contribution in [0.15, 0.2) is 23.8 Å². The van der Waals surface area contributed by atoms with E-state index in [1.165, 1.54) is 6.42 Å². The van der Waals surface area contributed by atoms with E-state index in [0.29, 0.717) is 29.6 Å². The predicted octanol–water partition coefficient (Wildman–Crippen LogP) is 1.32. The van der Waals surface area contributed by atoms with E-state index in [1.807, 2.05) is 0 Å². The average molecular weight is 287 g/mol. The van der Waals surface area contributed by atoms with Gasteiger partial charge >= 0.3 is 11.9 Å². The van der Waals surface area contributed by atoms with Crippen LogP contribution in [0.5, 0.6) is 0 Å². The van der Waals surface area contributed by atoms with Crippen molar-refractivity contribution in [3.63, 3.8) is 0 Å². The molecule has 21 heavy (non-hydrogen) atoms. The molecule has 0 spiro atoms. The fraction of sp³-hybridized carbons (Fsp3) is 0.250. The highest BCUT2D eigenvalue weighted by Gasteiger charge is 2.51. The summed E-state index contributed by atoms with van der Waals surface area (Å²) in [5, 5.41) is 0. The van der Waals surface area contributed by atoms with E-state index >= 15 is 0 Å². The van der Waals surface area contributed by atoms with Crippen molar-refractivity contribution in [3.05, 3.63) is 53.9 Å². The molecule has 0 aliphatic heterocycles. The second-order valence-corrected chi connectivity index (χ2v) is 4.34. The lowest BCUT2D eigenvalue weighted by molar-refractivity contribution is -0.140. The molecule has 1 fully saturated rings. The summed E-state index contributed by atoms with van der Waals surface area (Å²) in [7, 11) is 0. The van der Waals surface area contributed by atoms with Gasteiger partial charge in [-0.05, 0) is 13.8 Å². The standard InChI is InChI=1S/C16H15O5/c1-3-20-15(18)13-8-14(16(19)21-4-2)12-7-10(9-17)5-6-11(12)13/h5-9H,3-4H2,1-2H3. The lowest BCUT2D eigenvalue weighted by Crippen LogP contribution is -2.21. The van der Waals surface area contributed by atoms with Crippen LogP contribution in [-0.2, 0) is 23.9 Å². The van der Waals surface area contributed by atoms with Gasteiger partial charge in [-0.3, -0.25) is 14.4 Å². The SMILES string of the molecule is CCOC(=O)[C]1[CH][C](C(=O)OCC)[C]2C=C(C=O)C=C[C]21. The summed E-state index contributed by atoms with van der Waals surface area (Å²) in [5.74, 6) is 0.618. The zero-order valence-corrected chi connectivity index (χ0v) is 11.8. The molecule has 0 aromatic heterocycles. The van der Waals surface area contributed by atoms with E-state index in [1.54, 1.807) is 32.1 Å². The van der Waals surface area contributed by atoms with E-state index in [2.05, 4.69) is 0 Å². The lowest BCUT2D eigenvalue weighted by atomic mass is 9.82. The van der Waals surface area contributed by atoms with Gasteiger partial charge in [0.15, 0.2) is 0 Å². The molecule has 5 radical (unpaired) electrons. The Morgan fingerprint density at radius 3 is 2.10 bits per heavy atom. The molecular weight excluding hydrogens is 272 g/mol. The fourth-order valence-electron chi connectivity index (χ4n) is 2.15. The maximum atomic E-state index is 12.0. The molecule has 2 aliphatic carbocycles. The van der Waals surface area contributed by atoms with Gasteiger partial charge in [0.05, 0.1) is 13.2 Å². The number of ether oxygens (including phenoxy) is 2. The normalized spacial score (nSPS) is 20.0. The van der Waals surface area contributed by atoms with Crippen molar-refractivity contribution in [3.8, 4) is 0 Å². The Kier molecular flexibility index (Phi) is 4.94. The van der Waals surface area contributed by atoms with Gasteiger partial charge in [-0.15, -0.1) is 0 Å². The minimum absolute atomic E-state index is 0.230. The minimum Gasteiger partial charge on any atom is -0.466 e. The Labute approximate surface area is 124 Å². The number of fused-ring (bicyclic) bond motifs is 1. The van der Waals surface area contributed by atoms with Crippen LogP contribution in [-0.4, -0.2) is 31.4 Å². The van der Waals surface area contributed by atoms with Crippen molar-refractivity contribution in [2.45, 2.75) is 13.8 Å². The van der Waals surface area contributed by atoms with Crippen LogP contribution in [0.3, 0.4) is 0 Å². The fourth-order valence-corrected chi connectivity index (χ4v) is 2.15. The van der Waals surface area contributed by atoms with Crippen LogP contribution < -0.4 is 0 Å². The number of carbonyl (C=O) groups is 3. The number of esters is 2. The van der Waals surface area contributed by atoms with Gasteiger partial charge in [0.1, 0.15) is 18.1 Å². The zero-order chi connectivity index (χ0) is 15.4. The van der Waals surface area contributed by atoms with Crippen LogP contribution in [0.1, 0.15) is 13.8 Å². The molecule has 5 heteroatoms. The van der Waals surface area contributed by atoms with Crippen LogP contribution in [0, 0.1) is 30.1 Å². The number of aldehydes is 1. The number of carbonyl (C=O) groups excluding carboxylic acids is 3. The van der Waals surface area contributed by atoms with Gasteiger partial charge in [-0.25, -0.2) is 0 Å². The second-order valence-electron chi connectivity index (χ2n) is 4.34. The first-order valence-electron chi connectivity index (χ1n) is 6.65. The van der Waals surface area contributed by atoms with Gasteiger partial charge in [0.2, 0.25) is 0 Å². The van der Waals surface area contributed by atoms with Crippen LogP contribution in [0.2, 0.25) is 0 Å². The molecule has 109 valence electrons.